The van der Waals surface area contributed by atoms with Crippen LogP contribution in [0.4, 0.5) is 0 Å². The third-order valence-electron chi connectivity index (χ3n) is 3.51. The summed E-state index contributed by atoms with van der Waals surface area (Å²) in [5.41, 5.74) is 7.42. The highest BCUT2D eigenvalue weighted by Gasteiger charge is 2.18. The number of amidine groups is 1. The molecule has 0 aromatic heterocycles. The molecule has 0 radical (unpaired) electrons. The van der Waals surface area contributed by atoms with Gasteiger partial charge in [-0.3, -0.25) is 4.79 Å². The molecule has 1 amide bonds. The van der Waals surface area contributed by atoms with Gasteiger partial charge in [0.25, 0.3) is 5.91 Å². The molecular weight excluding hydrogens is 266 g/mol. The van der Waals surface area contributed by atoms with Crippen LogP contribution in [0.2, 0.25) is 0 Å². The predicted octanol–water partition coefficient (Wildman–Crippen LogP) is 2.44. The number of hydrogen-bond acceptors (Lipinski definition) is 3. The molecule has 0 spiro atoms. The minimum absolute atomic E-state index is 0.0635. The van der Waals surface area contributed by atoms with Gasteiger partial charge in [0.1, 0.15) is 5.84 Å². The Labute approximate surface area is 126 Å². The summed E-state index contributed by atoms with van der Waals surface area (Å²) < 4.78 is 0. The molecule has 1 rings (SSSR count). The average Bonchev–Trinajstić information content (AvgIpc) is 2.44. The summed E-state index contributed by atoms with van der Waals surface area (Å²) in [6.07, 6.45) is 0. The Bertz CT molecular complexity index is 515. The summed E-state index contributed by atoms with van der Waals surface area (Å²) in [5, 5.41) is 11.6. The van der Waals surface area contributed by atoms with Crippen molar-refractivity contribution in [2.24, 2.45) is 16.8 Å². The van der Waals surface area contributed by atoms with Gasteiger partial charge in [-0.25, -0.2) is 0 Å². The van der Waals surface area contributed by atoms with Crippen molar-refractivity contribution in [2.75, 3.05) is 13.6 Å². The standard InChI is InChI=1S/C16H25N3O2/c1-11(14(17)18-21)10-19(5)15(20)12-6-8-13(9-7-12)16(2,3)4/h6-9,11,21H,10H2,1-5H3,(H2,17,18). The van der Waals surface area contributed by atoms with Crippen molar-refractivity contribution in [3.63, 3.8) is 0 Å². The molecular formula is C16H25N3O2. The van der Waals surface area contributed by atoms with Crippen LogP contribution in [0.25, 0.3) is 0 Å². The first kappa shape index (κ1) is 17.0. The molecule has 0 aliphatic rings. The van der Waals surface area contributed by atoms with Crippen molar-refractivity contribution < 1.29 is 10.0 Å². The lowest BCUT2D eigenvalue weighted by Crippen LogP contribution is -2.36. The summed E-state index contributed by atoms with van der Waals surface area (Å²) >= 11 is 0. The number of nitrogens with two attached hydrogens (primary N) is 1. The summed E-state index contributed by atoms with van der Waals surface area (Å²) in [5.74, 6) is -0.149. The van der Waals surface area contributed by atoms with E-state index >= 15 is 0 Å². The van der Waals surface area contributed by atoms with Crippen molar-refractivity contribution in [1.82, 2.24) is 4.90 Å². The van der Waals surface area contributed by atoms with Gasteiger partial charge in [-0.2, -0.15) is 0 Å². The lowest BCUT2D eigenvalue weighted by atomic mass is 9.86. The lowest BCUT2D eigenvalue weighted by molar-refractivity contribution is 0.0786. The number of nitrogens with zero attached hydrogens (tertiary/aromatic N) is 2. The van der Waals surface area contributed by atoms with Crippen LogP contribution in [0, 0.1) is 5.92 Å². The Hall–Kier alpha value is -2.04. The van der Waals surface area contributed by atoms with Crippen molar-refractivity contribution in [1.29, 1.82) is 0 Å². The molecule has 0 fully saturated rings. The number of benzene rings is 1. The third-order valence-corrected chi connectivity index (χ3v) is 3.51. The van der Waals surface area contributed by atoms with Crippen molar-refractivity contribution in [2.45, 2.75) is 33.1 Å². The number of oxime groups is 1. The largest absolute Gasteiger partial charge is 0.409 e. The fourth-order valence-electron chi connectivity index (χ4n) is 2.02. The fraction of sp³-hybridized carbons (Fsp3) is 0.500. The molecule has 3 N–H and O–H groups in total. The molecule has 1 aromatic rings. The van der Waals surface area contributed by atoms with Gasteiger partial charge in [0.2, 0.25) is 0 Å². The van der Waals surface area contributed by atoms with Crippen molar-refractivity contribution in [3.05, 3.63) is 35.4 Å². The highest BCUT2D eigenvalue weighted by atomic mass is 16.4. The number of amides is 1. The normalized spacial score (nSPS) is 13.9. The summed E-state index contributed by atoms with van der Waals surface area (Å²) in [4.78, 5) is 13.9. The van der Waals surface area contributed by atoms with Gasteiger partial charge in [0.15, 0.2) is 0 Å². The van der Waals surface area contributed by atoms with Crippen molar-refractivity contribution >= 4 is 11.7 Å². The predicted molar refractivity (Wildman–Crippen MR) is 84.7 cm³/mol. The lowest BCUT2D eigenvalue weighted by Gasteiger charge is -2.22. The van der Waals surface area contributed by atoms with E-state index in [0.29, 0.717) is 12.1 Å². The van der Waals surface area contributed by atoms with Crippen LogP contribution in [-0.2, 0) is 5.41 Å². The molecule has 0 saturated heterocycles. The van der Waals surface area contributed by atoms with Crippen LogP contribution in [0.3, 0.4) is 0 Å². The molecule has 0 aliphatic carbocycles. The maximum absolute atomic E-state index is 12.3. The average molecular weight is 291 g/mol. The minimum atomic E-state index is -0.196. The smallest absolute Gasteiger partial charge is 0.253 e. The molecule has 0 bridgehead atoms. The van der Waals surface area contributed by atoms with E-state index in [-0.39, 0.29) is 23.1 Å². The zero-order valence-electron chi connectivity index (χ0n) is 13.4. The van der Waals surface area contributed by atoms with E-state index in [9.17, 15) is 4.79 Å². The van der Waals surface area contributed by atoms with E-state index < -0.39 is 0 Å². The molecule has 0 saturated carbocycles. The van der Waals surface area contributed by atoms with Gasteiger partial charge in [-0.1, -0.05) is 45.0 Å². The first-order valence-corrected chi connectivity index (χ1v) is 7.00. The first-order valence-electron chi connectivity index (χ1n) is 7.00. The number of rotatable bonds is 4. The van der Waals surface area contributed by atoms with Gasteiger partial charge in [0, 0.05) is 25.1 Å². The Morgan fingerprint density at radius 3 is 2.29 bits per heavy atom. The van der Waals surface area contributed by atoms with E-state index in [1.165, 1.54) is 5.56 Å². The van der Waals surface area contributed by atoms with E-state index in [4.69, 9.17) is 10.9 Å². The highest BCUT2D eigenvalue weighted by molar-refractivity contribution is 5.94. The van der Waals surface area contributed by atoms with Gasteiger partial charge < -0.3 is 15.8 Å². The molecule has 1 unspecified atom stereocenters. The Balaban J connectivity index is 2.79. The van der Waals surface area contributed by atoms with Crippen LogP contribution >= 0.6 is 0 Å². The van der Waals surface area contributed by atoms with Crippen LogP contribution < -0.4 is 5.73 Å². The number of carbonyl (C=O) groups excluding carboxylic acids is 1. The topological polar surface area (TPSA) is 78.9 Å². The molecule has 5 heteroatoms. The van der Waals surface area contributed by atoms with Gasteiger partial charge in [-0.05, 0) is 23.1 Å². The molecule has 0 aliphatic heterocycles. The third kappa shape index (κ3) is 4.48. The highest BCUT2D eigenvalue weighted by Crippen LogP contribution is 2.22. The SMILES string of the molecule is CC(CN(C)C(=O)c1ccc(C(C)(C)C)cc1)C(N)=NO. The molecule has 1 atom stereocenters. The van der Waals surface area contributed by atoms with E-state index in [1.807, 2.05) is 31.2 Å². The zero-order valence-corrected chi connectivity index (χ0v) is 13.4. The maximum Gasteiger partial charge on any atom is 0.253 e. The quantitative estimate of drug-likeness (QED) is 0.387. The van der Waals surface area contributed by atoms with Crippen LogP contribution in [-0.4, -0.2) is 35.4 Å². The van der Waals surface area contributed by atoms with Crippen LogP contribution in [0.5, 0.6) is 0 Å². The minimum Gasteiger partial charge on any atom is -0.409 e. The first-order chi connectivity index (χ1) is 9.66. The number of carbonyl (C=O) groups is 1. The molecule has 21 heavy (non-hydrogen) atoms. The van der Waals surface area contributed by atoms with Crippen LogP contribution in [0.1, 0.15) is 43.6 Å². The van der Waals surface area contributed by atoms with Crippen molar-refractivity contribution in [3.8, 4) is 0 Å². The summed E-state index contributed by atoms with van der Waals surface area (Å²) in [6.45, 7) is 8.61. The summed E-state index contributed by atoms with van der Waals surface area (Å²) in [6, 6.07) is 7.64. The second-order valence-corrected chi connectivity index (χ2v) is 6.44. The second kappa shape index (κ2) is 6.61. The van der Waals surface area contributed by atoms with Gasteiger partial charge in [0.05, 0.1) is 0 Å². The molecule has 5 nitrogen and oxygen atoms in total. The van der Waals surface area contributed by atoms with Gasteiger partial charge in [-0.15, -0.1) is 0 Å². The van der Waals surface area contributed by atoms with E-state index in [1.54, 1.807) is 11.9 Å². The molecule has 0 heterocycles. The monoisotopic (exact) mass is 291 g/mol. The summed E-state index contributed by atoms with van der Waals surface area (Å²) in [7, 11) is 1.71. The molecule has 1 aromatic carbocycles. The van der Waals surface area contributed by atoms with Gasteiger partial charge >= 0.3 is 0 Å². The Morgan fingerprint density at radius 1 is 1.33 bits per heavy atom. The van der Waals surface area contributed by atoms with E-state index in [0.717, 1.165) is 0 Å². The number of hydrogen-bond donors (Lipinski definition) is 2. The maximum atomic E-state index is 12.3. The van der Waals surface area contributed by atoms with E-state index in [2.05, 4.69) is 25.9 Å². The zero-order chi connectivity index (χ0) is 16.2. The second-order valence-electron chi connectivity index (χ2n) is 6.44. The molecule has 116 valence electrons. The van der Waals surface area contributed by atoms with Crippen LogP contribution in [0.15, 0.2) is 29.4 Å². The Kier molecular flexibility index (Phi) is 5.35. The Morgan fingerprint density at radius 2 is 1.86 bits per heavy atom. The fourth-order valence-corrected chi connectivity index (χ4v) is 2.02.